The lowest BCUT2D eigenvalue weighted by molar-refractivity contribution is 0.174. The zero-order valence-electron chi connectivity index (χ0n) is 9.24. The van der Waals surface area contributed by atoms with Crippen LogP contribution in [-0.2, 0) is 11.2 Å². The average Bonchev–Trinajstić information content (AvgIpc) is 2.29. The lowest BCUT2D eigenvalue weighted by Crippen LogP contribution is -2.13. The second-order valence-electron chi connectivity index (χ2n) is 3.31. The molecular weight excluding hydrogens is 202 g/mol. The Morgan fingerprint density at radius 2 is 2.06 bits per heavy atom. The van der Waals surface area contributed by atoms with E-state index < -0.39 is 6.09 Å². The molecule has 1 rings (SSSR count). The maximum Gasteiger partial charge on any atom is 0.411 e. The summed E-state index contributed by atoms with van der Waals surface area (Å²) in [4.78, 5) is 11.2. The molecule has 1 aromatic carbocycles. The molecule has 0 saturated heterocycles. The van der Waals surface area contributed by atoms with E-state index in [4.69, 9.17) is 4.74 Å². The first kappa shape index (κ1) is 12.3. The highest BCUT2D eigenvalue weighted by atomic mass is 16.5. The zero-order valence-corrected chi connectivity index (χ0v) is 9.24. The fraction of sp³-hybridized carbons (Fsp3) is 0.231. The number of benzene rings is 1. The van der Waals surface area contributed by atoms with E-state index in [2.05, 4.69) is 18.8 Å². The SMILES string of the molecule is [CH2]CCc1ccc(NC(=O)OCC=C)cc1. The van der Waals surface area contributed by atoms with Crippen LogP contribution in [0.5, 0.6) is 0 Å². The van der Waals surface area contributed by atoms with Crippen LogP contribution in [0.15, 0.2) is 36.9 Å². The second kappa shape index (κ2) is 6.67. The van der Waals surface area contributed by atoms with Gasteiger partial charge in [0.1, 0.15) is 6.61 Å². The first-order chi connectivity index (χ1) is 7.76. The average molecular weight is 218 g/mol. The molecule has 1 amide bonds. The van der Waals surface area contributed by atoms with Crippen LogP contribution in [-0.4, -0.2) is 12.7 Å². The Morgan fingerprint density at radius 1 is 1.38 bits per heavy atom. The van der Waals surface area contributed by atoms with E-state index in [0.717, 1.165) is 18.5 Å². The van der Waals surface area contributed by atoms with Crippen molar-refractivity contribution in [3.8, 4) is 0 Å². The Bertz CT molecular complexity index is 343. The van der Waals surface area contributed by atoms with Gasteiger partial charge in [-0.2, -0.15) is 0 Å². The summed E-state index contributed by atoms with van der Waals surface area (Å²) < 4.78 is 4.79. The van der Waals surface area contributed by atoms with Gasteiger partial charge in [-0.15, -0.1) is 0 Å². The van der Waals surface area contributed by atoms with Crippen molar-refractivity contribution in [1.82, 2.24) is 0 Å². The standard InChI is InChI=1S/C13H16NO2/c1-3-5-11-6-8-12(9-7-11)14-13(15)16-10-4-2/h4,6-9H,1-3,5,10H2,(H,14,15). The van der Waals surface area contributed by atoms with Gasteiger partial charge < -0.3 is 4.74 Å². The predicted molar refractivity (Wildman–Crippen MR) is 65.3 cm³/mol. The van der Waals surface area contributed by atoms with Gasteiger partial charge >= 0.3 is 6.09 Å². The summed E-state index contributed by atoms with van der Waals surface area (Å²) in [6, 6.07) is 7.63. The smallest absolute Gasteiger partial charge is 0.411 e. The maximum atomic E-state index is 11.2. The number of hydrogen-bond acceptors (Lipinski definition) is 2. The summed E-state index contributed by atoms with van der Waals surface area (Å²) in [7, 11) is 0. The number of nitrogens with one attached hydrogen (secondary N) is 1. The molecule has 0 spiro atoms. The van der Waals surface area contributed by atoms with Gasteiger partial charge in [0.15, 0.2) is 0 Å². The normalized spacial score (nSPS) is 9.56. The van der Waals surface area contributed by atoms with E-state index in [-0.39, 0.29) is 6.61 Å². The molecule has 0 fully saturated rings. The molecular formula is C13H16NO2. The fourth-order valence-corrected chi connectivity index (χ4v) is 1.25. The molecule has 0 heterocycles. The number of ether oxygens (including phenoxy) is 1. The van der Waals surface area contributed by atoms with Crippen molar-refractivity contribution in [3.05, 3.63) is 49.4 Å². The minimum absolute atomic E-state index is 0.214. The molecule has 0 aliphatic rings. The third-order valence-electron chi connectivity index (χ3n) is 2.00. The van der Waals surface area contributed by atoms with Crippen molar-refractivity contribution in [3.63, 3.8) is 0 Å². The minimum atomic E-state index is -0.468. The lowest BCUT2D eigenvalue weighted by atomic mass is 10.1. The van der Waals surface area contributed by atoms with Gasteiger partial charge in [-0.05, 0) is 30.5 Å². The molecule has 0 saturated carbocycles. The van der Waals surface area contributed by atoms with Crippen molar-refractivity contribution in [2.75, 3.05) is 11.9 Å². The zero-order chi connectivity index (χ0) is 11.8. The Kier molecular flexibility index (Phi) is 5.12. The molecule has 0 unspecified atom stereocenters. The number of carbonyl (C=O) groups excluding carboxylic acids is 1. The third-order valence-corrected chi connectivity index (χ3v) is 2.00. The number of hydrogen-bond donors (Lipinski definition) is 1. The van der Waals surface area contributed by atoms with Crippen molar-refractivity contribution in [2.45, 2.75) is 12.8 Å². The highest BCUT2D eigenvalue weighted by Crippen LogP contribution is 2.11. The molecule has 1 aromatic rings. The van der Waals surface area contributed by atoms with E-state index in [1.165, 1.54) is 11.6 Å². The highest BCUT2D eigenvalue weighted by molar-refractivity contribution is 5.84. The number of amides is 1. The van der Waals surface area contributed by atoms with Crippen LogP contribution < -0.4 is 5.32 Å². The van der Waals surface area contributed by atoms with Crippen molar-refractivity contribution >= 4 is 11.8 Å². The molecule has 0 aromatic heterocycles. The van der Waals surface area contributed by atoms with E-state index >= 15 is 0 Å². The van der Waals surface area contributed by atoms with Crippen molar-refractivity contribution in [1.29, 1.82) is 0 Å². The molecule has 0 atom stereocenters. The van der Waals surface area contributed by atoms with Gasteiger partial charge in [0.05, 0.1) is 0 Å². The minimum Gasteiger partial charge on any atom is -0.445 e. The fourth-order valence-electron chi connectivity index (χ4n) is 1.25. The highest BCUT2D eigenvalue weighted by Gasteiger charge is 2.01. The number of carbonyl (C=O) groups is 1. The quantitative estimate of drug-likeness (QED) is 0.771. The van der Waals surface area contributed by atoms with Gasteiger partial charge in [-0.1, -0.05) is 31.7 Å². The molecule has 1 N–H and O–H groups in total. The van der Waals surface area contributed by atoms with E-state index in [0.29, 0.717) is 0 Å². The van der Waals surface area contributed by atoms with E-state index in [9.17, 15) is 4.79 Å². The molecule has 85 valence electrons. The molecule has 1 radical (unpaired) electrons. The second-order valence-corrected chi connectivity index (χ2v) is 3.31. The monoisotopic (exact) mass is 218 g/mol. The van der Waals surface area contributed by atoms with Crippen molar-refractivity contribution in [2.24, 2.45) is 0 Å². The predicted octanol–water partition coefficient (Wildman–Crippen LogP) is 3.19. The molecule has 3 heteroatoms. The number of rotatable bonds is 5. The molecule has 0 bridgehead atoms. The van der Waals surface area contributed by atoms with E-state index in [1.54, 1.807) is 0 Å². The summed E-state index contributed by atoms with van der Waals surface area (Å²) in [6.45, 7) is 7.46. The van der Waals surface area contributed by atoms with Crippen LogP contribution in [0.3, 0.4) is 0 Å². The van der Waals surface area contributed by atoms with Gasteiger partial charge in [0, 0.05) is 5.69 Å². The Morgan fingerprint density at radius 3 is 2.62 bits per heavy atom. The number of aryl methyl sites for hydroxylation is 1. The summed E-state index contributed by atoms with van der Waals surface area (Å²) in [6.07, 6.45) is 2.87. The molecule has 16 heavy (non-hydrogen) atoms. The number of anilines is 1. The van der Waals surface area contributed by atoms with Crippen LogP contribution in [0.2, 0.25) is 0 Å². The molecule has 0 aliphatic carbocycles. The van der Waals surface area contributed by atoms with Gasteiger partial charge in [0.25, 0.3) is 0 Å². The summed E-state index contributed by atoms with van der Waals surface area (Å²) >= 11 is 0. The van der Waals surface area contributed by atoms with Crippen LogP contribution in [0.1, 0.15) is 12.0 Å². The van der Waals surface area contributed by atoms with Gasteiger partial charge in [0.2, 0.25) is 0 Å². The van der Waals surface area contributed by atoms with Crippen LogP contribution in [0.4, 0.5) is 10.5 Å². The first-order valence-corrected chi connectivity index (χ1v) is 5.19. The van der Waals surface area contributed by atoms with E-state index in [1.807, 2.05) is 24.3 Å². The molecule has 0 aliphatic heterocycles. The topological polar surface area (TPSA) is 38.3 Å². The van der Waals surface area contributed by atoms with Crippen LogP contribution >= 0.6 is 0 Å². The summed E-state index contributed by atoms with van der Waals surface area (Å²) in [5.74, 6) is 0. The largest absolute Gasteiger partial charge is 0.445 e. The maximum absolute atomic E-state index is 11.2. The third kappa shape index (κ3) is 4.17. The summed E-state index contributed by atoms with van der Waals surface area (Å²) in [5, 5.41) is 2.62. The molecule has 3 nitrogen and oxygen atoms in total. The van der Waals surface area contributed by atoms with Gasteiger partial charge in [-0.3, -0.25) is 5.32 Å². The Balaban J connectivity index is 2.48. The Hall–Kier alpha value is -1.77. The Labute approximate surface area is 96.1 Å². The first-order valence-electron chi connectivity index (χ1n) is 5.19. The van der Waals surface area contributed by atoms with Crippen LogP contribution in [0.25, 0.3) is 0 Å². The van der Waals surface area contributed by atoms with Crippen LogP contribution in [0, 0.1) is 6.92 Å². The lowest BCUT2D eigenvalue weighted by Gasteiger charge is -2.06. The van der Waals surface area contributed by atoms with Gasteiger partial charge in [-0.25, -0.2) is 4.79 Å². The van der Waals surface area contributed by atoms with Crippen molar-refractivity contribution < 1.29 is 9.53 Å². The summed E-state index contributed by atoms with van der Waals surface area (Å²) in [5.41, 5.74) is 1.93.